The Hall–Kier alpha value is -5.96. The molecule has 10 rings (SSSR count). The second kappa shape index (κ2) is 10.8. The molecule has 0 aliphatic heterocycles. The molecule has 0 N–H and O–H groups in total. The lowest BCUT2D eigenvalue weighted by molar-refractivity contribution is 1.30. The number of hydrogen-bond donors (Lipinski definition) is 0. The molecule has 0 fully saturated rings. The standard InChI is InChI=1S/C46H29NS/c1-2-10-30(11-3-1)34-13-8-15-36(26-34)47(43-18-9-14-35-27-42-39-17-6-7-19-44(39)48-45(42)29-40(35)43)37-25-24-32-21-23-33-22-20-31-12-4-5-16-38(31)46(33)41(32)28-37/h1-29H. The van der Waals surface area contributed by atoms with Gasteiger partial charge >= 0.3 is 0 Å². The topological polar surface area (TPSA) is 3.24 Å². The smallest absolute Gasteiger partial charge is 0.0540 e. The Labute approximate surface area is 282 Å². The molecule has 0 saturated heterocycles. The summed E-state index contributed by atoms with van der Waals surface area (Å²) in [5.41, 5.74) is 5.84. The average molecular weight is 628 g/mol. The molecular formula is C46H29NS. The van der Waals surface area contributed by atoms with E-state index in [1.165, 1.54) is 80.1 Å². The number of nitrogens with zero attached hydrogens (tertiary/aromatic N) is 1. The highest BCUT2D eigenvalue weighted by molar-refractivity contribution is 7.25. The Morgan fingerprint density at radius 3 is 1.90 bits per heavy atom. The molecule has 0 amide bonds. The fourth-order valence-corrected chi connectivity index (χ4v) is 8.64. The quantitative estimate of drug-likeness (QED) is 0.176. The van der Waals surface area contributed by atoms with Crippen LogP contribution in [0.1, 0.15) is 0 Å². The van der Waals surface area contributed by atoms with Crippen LogP contribution in [0.4, 0.5) is 17.1 Å². The van der Waals surface area contributed by atoms with Gasteiger partial charge in [-0.1, -0.05) is 127 Å². The van der Waals surface area contributed by atoms with Crippen molar-refractivity contribution >= 4 is 91.7 Å². The van der Waals surface area contributed by atoms with Gasteiger partial charge < -0.3 is 4.90 Å². The van der Waals surface area contributed by atoms with Crippen molar-refractivity contribution in [2.24, 2.45) is 0 Å². The number of hydrogen-bond acceptors (Lipinski definition) is 2. The van der Waals surface area contributed by atoms with E-state index in [4.69, 9.17) is 0 Å². The third kappa shape index (κ3) is 4.31. The molecule has 0 atom stereocenters. The molecule has 1 heterocycles. The van der Waals surface area contributed by atoms with Gasteiger partial charge in [0.15, 0.2) is 0 Å². The lowest BCUT2D eigenvalue weighted by Crippen LogP contribution is -2.10. The highest BCUT2D eigenvalue weighted by atomic mass is 32.1. The van der Waals surface area contributed by atoms with E-state index < -0.39 is 0 Å². The lowest BCUT2D eigenvalue weighted by Gasteiger charge is -2.28. The molecule has 2 heteroatoms. The molecule has 48 heavy (non-hydrogen) atoms. The summed E-state index contributed by atoms with van der Waals surface area (Å²) in [5, 5.41) is 12.7. The van der Waals surface area contributed by atoms with E-state index in [0.29, 0.717) is 0 Å². The van der Waals surface area contributed by atoms with Crippen molar-refractivity contribution in [3.63, 3.8) is 0 Å². The van der Waals surface area contributed by atoms with E-state index in [0.717, 1.165) is 11.4 Å². The monoisotopic (exact) mass is 627 g/mol. The van der Waals surface area contributed by atoms with Gasteiger partial charge in [0.1, 0.15) is 0 Å². The van der Waals surface area contributed by atoms with Crippen LogP contribution >= 0.6 is 11.3 Å². The fourth-order valence-electron chi connectivity index (χ4n) is 7.51. The predicted octanol–water partition coefficient (Wildman–Crippen LogP) is 13.8. The van der Waals surface area contributed by atoms with Gasteiger partial charge in [-0.3, -0.25) is 0 Å². The highest BCUT2D eigenvalue weighted by Crippen LogP contribution is 2.45. The van der Waals surface area contributed by atoms with Crippen LogP contribution in [0.2, 0.25) is 0 Å². The molecule has 0 aliphatic rings. The van der Waals surface area contributed by atoms with E-state index >= 15 is 0 Å². The van der Waals surface area contributed by atoms with Crippen LogP contribution in [0.25, 0.3) is 74.4 Å². The number of thiophene rings is 1. The Bertz CT molecular complexity index is 2840. The summed E-state index contributed by atoms with van der Waals surface area (Å²) in [6, 6.07) is 64.6. The van der Waals surface area contributed by atoms with Gasteiger partial charge in [0, 0.05) is 36.9 Å². The largest absolute Gasteiger partial charge is 0.310 e. The minimum absolute atomic E-state index is 1.13. The van der Waals surface area contributed by atoms with Crippen LogP contribution in [0, 0.1) is 0 Å². The molecule has 0 bridgehead atoms. The van der Waals surface area contributed by atoms with Gasteiger partial charge in [-0.05, 0) is 97.4 Å². The minimum Gasteiger partial charge on any atom is -0.310 e. The highest BCUT2D eigenvalue weighted by Gasteiger charge is 2.19. The number of anilines is 3. The lowest BCUT2D eigenvalue weighted by atomic mass is 9.95. The first-order valence-corrected chi connectivity index (χ1v) is 17.2. The Kier molecular flexibility index (Phi) is 6.12. The van der Waals surface area contributed by atoms with Crippen LogP contribution in [0.5, 0.6) is 0 Å². The molecule has 0 radical (unpaired) electrons. The summed E-state index contributed by atoms with van der Waals surface area (Å²) in [5.74, 6) is 0. The van der Waals surface area contributed by atoms with E-state index in [9.17, 15) is 0 Å². The summed E-state index contributed by atoms with van der Waals surface area (Å²) in [7, 11) is 0. The molecular weight excluding hydrogens is 599 g/mol. The summed E-state index contributed by atoms with van der Waals surface area (Å²) in [4.78, 5) is 2.46. The van der Waals surface area contributed by atoms with Gasteiger partial charge in [-0.2, -0.15) is 0 Å². The molecule has 0 unspecified atom stereocenters. The summed E-state index contributed by atoms with van der Waals surface area (Å²) in [6.07, 6.45) is 0. The van der Waals surface area contributed by atoms with Crippen LogP contribution in [0.3, 0.4) is 0 Å². The van der Waals surface area contributed by atoms with Gasteiger partial charge in [0.25, 0.3) is 0 Å². The van der Waals surface area contributed by atoms with E-state index in [-0.39, 0.29) is 0 Å². The van der Waals surface area contributed by atoms with Crippen LogP contribution in [0.15, 0.2) is 176 Å². The number of fused-ring (bicyclic) bond motifs is 9. The molecule has 0 aliphatic carbocycles. The fraction of sp³-hybridized carbons (Fsp3) is 0. The van der Waals surface area contributed by atoms with Crippen LogP contribution in [-0.4, -0.2) is 0 Å². The van der Waals surface area contributed by atoms with E-state index in [2.05, 4.69) is 181 Å². The molecule has 1 aromatic heterocycles. The van der Waals surface area contributed by atoms with Crippen molar-refractivity contribution in [2.45, 2.75) is 0 Å². The van der Waals surface area contributed by atoms with E-state index in [1.807, 2.05) is 11.3 Å². The van der Waals surface area contributed by atoms with Crippen LogP contribution < -0.4 is 4.90 Å². The van der Waals surface area contributed by atoms with E-state index in [1.54, 1.807) is 0 Å². The van der Waals surface area contributed by atoms with Crippen molar-refractivity contribution in [2.75, 3.05) is 4.90 Å². The maximum absolute atomic E-state index is 2.46. The SMILES string of the molecule is c1ccc(-c2cccc(N(c3ccc4ccc5ccc6ccccc6c5c4c3)c3cccc4cc5c(cc34)sc3ccccc35)c2)cc1. The third-order valence-corrected chi connectivity index (χ3v) is 10.9. The summed E-state index contributed by atoms with van der Waals surface area (Å²) < 4.78 is 2.63. The Morgan fingerprint density at radius 2 is 1.00 bits per heavy atom. The minimum atomic E-state index is 1.13. The van der Waals surface area contributed by atoms with Crippen molar-refractivity contribution in [3.8, 4) is 11.1 Å². The van der Waals surface area contributed by atoms with Gasteiger partial charge in [-0.15, -0.1) is 11.3 Å². The van der Waals surface area contributed by atoms with Crippen molar-refractivity contribution < 1.29 is 0 Å². The van der Waals surface area contributed by atoms with Crippen molar-refractivity contribution in [3.05, 3.63) is 176 Å². The zero-order valence-electron chi connectivity index (χ0n) is 26.1. The maximum atomic E-state index is 2.46. The van der Waals surface area contributed by atoms with Gasteiger partial charge in [0.05, 0.1) is 5.69 Å². The maximum Gasteiger partial charge on any atom is 0.0540 e. The molecule has 9 aromatic carbocycles. The molecule has 224 valence electrons. The first-order valence-electron chi connectivity index (χ1n) is 16.4. The zero-order chi connectivity index (χ0) is 31.6. The Morgan fingerprint density at radius 1 is 0.333 bits per heavy atom. The summed E-state index contributed by atoms with van der Waals surface area (Å²) in [6.45, 7) is 0. The molecule has 1 nitrogen and oxygen atoms in total. The third-order valence-electron chi connectivity index (χ3n) is 9.78. The van der Waals surface area contributed by atoms with Gasteiger partial charge in [0.2, 0.25) is 0 Å². The predicted molar refractivity (Wildman–Crippen MR) is 209 cm³/mol. The number of benzene rings is 9. The molecule has 0 saturated carbocycles. The van der Waals surface area contributed by atoms with Gasteiger partial charge in [-0.25, -0.2) is 0 Å². The first-order chi connectivity index (χ1) is 23.8. The van der Waals surface area contributed by atoms with Crippen LogP contribution in [-0.2, 0) is 0 Å². The Balaban J connectivity index is 1.27. The zero-order valence-corrected chi connectivity index (χ0v) is 26.9. The molecule has 0 spiro atoms. The van der Waals surface area contributed by atoms with Crippen molar-refractivity contribution in [1.82, 2.24) is 0 Å². The first kappa shape index (κ1) is 27.2. The van der Waals surface area contributed by atoms with Crippen molar-refractivity contribution in [1.29, 1.82) is 0 Å². The summed E-state index contributed by atoms with van der Waals surface area (Å²) >= 11 is 1.87. The molecule has 10 aromatic rings. The number of rotatable bonds is 4. The normalized spacial score (nSPS) is 11.8. The second-order valence-electron chi connectivity index (χ2n) is 12.6. The second-order valence-corrected chi connectivity index (χ2v) is 13.6. The average Bonchev–Trinajstić information content (AvgIpc) is 3.52.